The summed E-state index contributed by atoms with van der Waals surface area (Å²) in [5.41, 5.74) is 8.13. The molecule has 0 unspecified atom stereocenters. The lowest BCUT2D eigenvalue weighted by molar-refractivity contribution is -0.122. The predicted molar refractivity (Wildman–Crippen MR) is 115 cm³/mol. The highest BCUT2D eigenvalue weighted by Crippen LogP contribution is 2.30. The van der Waals surface area contributed by atoms with Crippen LogP contribution in [-0.2, 0) is 4.79 Å². The van der Waals surface area contributed by atoms with Crippen molar-refractivity contribution < 1.29 is 14.0 Å². The Morgan fingerprint density at radius 1 is 1.07 bits per heavy atom. The molecule has 7 heteroatoms. The number of amides is 2. The van der Waals surface area contributed by atoms with Crippen LogP contribution >= 0.6 is 0 Å². The third-order valence-corrected chi connectivity index (χ3v) is 5.42. The molecule has 0 spiro atoms. The van der Waals surface area contributed by atoms with E-state index in [1.165, 1.54) is 0 Å². The van der Waals surface area contributed by atoms with E-state index in [1.54, 1.807) is 6.92 Å². The van der Waals surface area contributed by atoms with Crippen LogP contribution in [0.15, 0.2) is 59.0 Å². The van der Waals surface area contributed by atoms with Crippen LogP contribution in [0.4, 0.5) is 11.4 Å². The van der Waals surface area contributed by atoms with E-state index in [2.05, 4.69) is 15.2 Å². The Labute approximate surface area is 174 Å². The zero-order valence-corrected chi connectivity index (χ0v) is 16.8. The van der Waals surface area contributed by atoms with E-state index in [4.69, 9.17) is 10.2 Å². The van der Waals surface area contributed by atoms with Crippen LogP contribution in [0.3, 0.4) is 0 Å². The molecule has 1 saturated heterocycles. The van der Waals surface area contributed by atoms with E-state index in [1.807, 2.05) is 54.6 Å². The van der Waals surface area contributed by atoms with Gasteiger partial charge >= 0.3 is 0 Å². The van der Waals surface area contributed by atoms with E-state index >= 15 is 0 Å². The smallest absolute Gasteiger partial charge is 0.277 e. The number of carbonyl (C=O) groups is 2. The number of hydrogen-bond donors (Lipinski definition) is 2. The first-order valence-electron chi connectivity index (χ1n) is 10.0. The first-order chi connectivity index (χ1) is 14.5. The third kappa shape index (κ3) is 4.05. The van der Waals surface area contributed by atoms with Crippen molar-refractivity contribution in [2.24, 2.45) is 11.7 Å². The fraction of sp³-hybridized carbons (Fsp3) is 0.261. The lowest BCUT2D eigenvalue weighted by atomic mass is 9.96. The van der Waals surface area contributed by atoms with Gasteiger partial charge in [-0.25, -0.2) is 4.98 Å². The van der Waals surface area contributed by atoms with Crippen LogP contribution in [0.2, 0.25) is 0 Å². The summed E-state index contributed by atoms with van der Waals surface area (Å²) in [4.78, 5) is 30.9. The Bertz CT molecular complexity index is 1050. The number of carbonyl (C=O) groups excluding carboxylic acids is 2. The maximum Gasteiger partial charge on any atom is 0.277 e. The number of nitrogens with two attached hydrogens (primary N) is 1. The molecule has 30 heavy (non-hydrogen) atoms. The van der Waals surface area contributed by atoms with Crippen molar-refractivity contribution in [3.8, 4) is 11.5 Å². The highest BCUT2D eigenvalue weighted by Gasteiger charge is 2.25. The monoisotopic (exact) mass is 404 g/mol. The molecule has 0 saturated carbocycles. The van der Waals surface area contributed by atoms with E-state index in [0.717, 1.165) is 11.3 Å². The Morgan fingerprint density at radius 3 is 2.43 bits per heavy atom. The van der Waals surface area contributed by atoms with Crippen molar-refractivity contribution in [1.29, 1.82) is 0 Å². The first-order valence-corrected chi connectivity index (χ1v) is 10.0. The van der Waals surface area contributed by atoms with Gasteiger partial charge in [-0.2, -0.15) is 0 Å². The Morgan fingerprint density at radius 2 is 1.73 bits per heavy atom. The van der Waals surface area contributed by atoms with Crippen LogP contribution in [0, 0.1) is 12.8 Å². The molecule has 1 fully saturated rings. The average molecular weight is 404 g/mol. The van der Waals surface area contributed by atoms with Crippen molar-refractivity contribution in [2.45, 2.75) is 19.8 Å². The number of anilines is 2. The van der Waals surface area contributed by atoms with Crippen molar-refractivity contribution in [3.63, 3.8) is 0 Å². The van der Waals surface area contributed by atoms with Gasteiger partial charge in [0.15, 0.2) is 5.69 Å². The molecule has 154 valence electrons. The van der Waals surface area contributed by atoms with Gasteiger partial charge in [-0.15, -0.1) is 0 Å². The van der Waals surface area contributed by atoms with Gasteiger partial charge in [0.1, 0.15) is 5.76 Å². The van der Waals surface area contributed by atoms with Crippen LogP contribution in [0.1, 0.15) is 29.1 Å². The number of primary amides is 1. The number of para-hydroxylation sites is 2. The molecule has 0 radical (unpaired) electrons. The highest BCUT2D eigenvalue weighted by molar-refractivity contribution is 6.05. The molecule has 2 aromatic carbocycles. The fourth-order valence-corrected chi connectivity index (χ4v) is 3.75. The Kier molecular flexibility index (Phi) is 5.52. The summed E-state index contributed by atoms with van der Waals surface area (Å²) >= 11 is 0. The van der Waals surface area contributed by atoms with Crippen LogP contribution in [0.25, 0.3) is 11.5 Å². The molecule has 0 atom stereocenters. The Hall–Kier alpha value is -3.61. The lowest BCUT2D eigenvalue weighted by Gasteiger charge is -2.33. The van der Waals surface area contributed by atoms with Gasteiger partial charge in [0.25, 0.3) is 5.91 Å². The molecule has 0 bridgehead atoms. The SMILES string of the molecule is Cc1oc(-c2ccccc2)nc1C(=O)Nc1ccccc1N1CCC(C(N)=O)CC1. The van der Waals surface area contributed by atoms with E-state index in [9.17, 15) is 9.59 Å². The zero-order valence-electron chi connectivity index (χ0n) is 16.8. The standard InChI is InChI=1S/C23H24N4O3/c1-15-20(26-23(30-15)17-7-3-2-4-8-17)22(29)25-18-9-5-6-10-19(18)27-13-11-16(12-14-27)21(24)28/h2-10,16H,11-14H2,1H3,(H2,24,28)(H,25,29). The van der Waals surface area contributed by atoms with Crippen LogP contribution < -0.4 is 16.0 Å². The van der Waals surface area contributed by atoms with Gasteiger partial charge in [-0.1, -0.05) is 30.3 Å². The summed E-state index contributed by atoms with van der Waals surface area (Å²) < 4.78 is 5.71. The molecule has 7 nitrogen and oxygen atoms in total. The second kappa shape index (κ2) is 8.41. The molecular weight excluding hydrogens is 380 g/mol. The van der Waals surface area contributed by atoms with Gasteiger partial charge < -0.3 is 20.4 Å². The molecule has 2 heterocycles. The topological polar surface area (TPSA) is 101 Å². The van der Waals surface area contributed by atoms with Gasteiger partial charge in [0.05, 0.1) is 11.4 Å². The number of piperidine rings is 1. The normalized spacial score (nSPS) is 14.5. The van der Waals surface area contributed by atoms with E-state index < -0.39 is 0 Å². The molecule has 3 aromatic rings. The summed E-state index contributed by atoms with van der Waals surface area (Å²) in [6, 6.07) is 17.1. The number of nitrogens with zero attached hydrogens (tertiary/aromatic N) is 2. The van der Waals surface area contributed by atoms with Gasteiger partial charge in [0, 0.05) is 24.6 Å². The molecule has 2 amide bonds. The number of nitrogens with one attached hydrogen (secondary N) is 1. The highest BCUT2D eigenvalue weighted by atomic mass is 16.4. The maximum absolute atomic E-state index is 12.9. The minimum atomic E-state index is -0.321. The minimum Gasteiger partial charge on any atom is -0.441 e. The van der Waals surface area contributed by atoms with Gasteiger partial charge in [0.2, 0.25) is 11.8 Å². The second-order valence-corrected chi connectivity index (χ2v) is 7.42. The molecular formula is C23H24N4O3. The van der Waals surface area contributed by atoms with Crippen molar-refractivity contribution in [2.75, 3.05) is 23.3 Å². The summed E-state index contributed by atoms with van der Waals surface area (Å²) in [5, 5.41) is 2.97. The molecule has 4 rings (SSSR count). The van der Waals surface area contributed by atoms with Gasteiger partial charge in [-0.05, 0) is 44.0 Å². The number of rotatable bonds is 5. The summed E-state index contributed by atoms with van der Waals surface area (Å²) in [6.07, 6.45) is 1.42. The molecule has 0 aliphatic carbocycles. The number of benzene rings is 2. The average Bonchev–Trinajstić information content (AvgIpc) is 3.17. The number of aryl methyl sites for hydroxylation is 1. The first kappa shape index (κ1) is 19.7. The van der Waals surface area contributed by atoms with E-state index in [0.29, 0.717) is 43.3 Å². The second-order valence-electron chi connectivity index (χ2n) is 7.42. The predicted octanol–water partition coefficient (Wildman–Crippen LogP) is 3.60. The Balaban J connectivity index is 1.52. The quantitative estimate of drug-likeness (QED) is 0.676. The van der Waals surface area contributed by atoms with Crippen LogP contribution in [0.5, 0.6) is 0 Å². The summed E-state index contributed by atoms with van der Waals surface area (Å²) in [7, 11) is 0. The zero-order chi connectivity index (χ0) is 21.1. The number of hydrogen-bond acceptors (Lipinski definition) is 5. The molecule has 1 aliphatic heterocycles. The lowest BCUT2D eigenvalue weighted by Crippen LogP contribution is -2.38. The molecule has 1 aromatic heterocycles. The van der Waals surface area contributed by atoms with Crippen molar-refractivity contribution in [1.82, 2.24) is 4.98 Å². The van der Waals surface area contributed by atoms with Crippen molar-refractivity contribution >= 4 is 23.2 Å². The number of aromatic nitrogens is 1. The maximum atomic E-state index is 12.9. The van der Waals surface area contributed by atoms with Crippen LogP contribution in [-0.4, -0.2) is 29.9 Å². The largest absolute Gasteiger partial charge is 0.441 e. The molecule has 1 aliphatic rings. The fourth-order valence-electron chi connectivity index (χ4n) is 3.75. The van der Waals surface area contributed by atoms with Gasteiger partial charge in [-0.3, -0.25) is 9.59 Å². The minimum absolute atomic E-state index is 0.0859. The summed E-state index contributed by atoms with van der Waals surface area (Å²) in [6.45, 7) is 3.15. The molecule has 3 N–H and O–H groups in total. The van der Waals surface area contributed by atoms with Crippen molar-refractivity contribution in [3.05, 3.63) is 66.1 Å². The third-order valence-electron chi connectivity index (χ3n) is 5.42. The summed E-state index contributed by atoms with van der Waals surface area (Å²) in [5.74, 6) is 0.230. The van der Waals surface area contributed by atoms with E-state index in [-0.39, 0.29) is 23.4 Å². The number of oxazole rings is 1.